The standard InChI is InChI=1S/C11H24N2O3S.ClH/c1-9-5-4-6-13(11(9)7-12)17(14,15)8-10(2)16-3;/h9-11H,4-8,12H2,1-3H3;1H. The minimum atomic E-state index is -3.26. The summed E-state index contributed by atoms with van der Waals surface area (Å²) in [5.74, 6) is 0.369. The number of halogens is 1. The molecule has 3 atom stereocenters. The van der Waals surface area contributed by atoms with Gasteiger partial charge in [-0.1, -0.05) is 6.92 Å². The van der Waals surface area contributed by atoms with Crippen molar-refractivity contribution in [1.82, 2.24) is 4.31 Å². The van der Waals surface area contributed by atoms with E-state index in [1.807, 2.05) is 0 Å². The van der Waals surface area contributed by atoms with E-state index in [0.29, 0.717) is 19.0 Å². The molecule has 2 N–H and O–H groups in total. The lowest BCUT2D eigenvalue weighted by Gasteiger charge is -2.38. The van der Waals surface area contributed by atoms with Crippen LogP contribution in [0.25, 0.3) is 0 Å². The molecule has 0 radical (unpaired) electrons. The summed E-state index contributed by atoms with van der Waals surface area (Å²) in [5.41, 5.74) is 5.71. The average Bonchev–Trinajstić information content (AvgIpc) is 2.28. The molecule has 0 saturated carbocycles. The molecule has 0 bridgehead atoms. The van der Waals surface area contributed by atoms with Gasteiger partial charge in [0.15, 0.2) is 0 Å². The van der Waals surface area contributed by atoms with Gasteiger partial charge in [-0.05, 0) is 25.7 Å². The molecular weight excluding hydrogens is 276 g/mol. The number of sulfonamides is 1. The van der Waals surface area contributed by atoms with E-state index in [-0.39, 0.29) is 30.3 Å². The third-order valence-corrected chi connectivity index (χ3v) is 5.57. The molecule has 18 heavy (non-hydrogen) atoms. The first-order valence-electron chi connectivity index (χ1n) is 6.14. The van der Waals surface area contributed by atoms with E-state index in [4.69, 9.17) is 10.5 Å². The SMILES string of the molecule is COC(C)CS(=O)(=O)N1CCCC(C)C1CN.Cl. The van der Waals surface area contributed by atoms with Crippen LogP contribution in [0.3, 0.4) is 0 Å². The van der Waals surface area contributed by atoms with Crippen LogP contribution >= 0.6 is 12.4 Å². The van der Waals surface area contributed by atoms with Crippen LogP contribution < -0.4 is 5.73 Å². The lowest BCUT2D eigenvalue weighted by atomic mass is 9.93. The van der Waals surface area contributed by atoms with E-state index in [0.717, 1.165) is 12.8 Å². The van der Waals surface area contributed by atoms with Crippen molar-refractivity contribution in [2.45, 2.75) is 38.8 Å². The molecule has 1 heterocycles. The summed E-state index contributed by atoms with van der Waals surface area (Å²) in [4.78, 5) is 0. The number of rotatable bonds is 5. The second-order valence-corrected chi connectivity index (χ2v) is 6.82. The Morgan fingerprint density at radius 3 is 2.61 bits per heavy atom. The highest BCUT2D eigenvalue weighted by molar-refractivity contribution is 7.89. The third-order valence-electron chi connectivity index (χ3n) is 3.51. The predicted molar refractivity (Wildman–Crippen MR) is 75.5 cm³/mol. The fourth-order valence-corrected chi connectivity index (χ4v) is 4.40. The topological polar surface area (TPSA) is 72.6 Å². The molecule has 0 amide bonds. The van der Waals surface area contributed by atoms with Gasteiger partial charge in [-0.25, -0.2) is 8.42 Å². The first-order chi connectivity index (χ1) is 7.92. The maximum atomic E-state index is 12.3. The second kappa shape index (κ2) is 7.65. The van der Waals surface area contributed by atoms with Crippen LogP contribution in [-0.4, -0.2) is 50.8 Å². The summed E-state index contributed by atoms with van der Waals surface area (Å²) in [7, 11) is -1.73. The summed E-state index contributed by atoms with van der Waals surface area (Å²) in [6.45, 7) is 4.81. The molecule has 0 aromatic carbocycles. The smallest absolute Gasteiger partial charge is 0.216 e. The van der Waals surface area contributed by atoms with Crippen LogP contribution in [-0.2, 0) is 14.8 Å². The number of methoxy groups -OCH3 is 1. The fourth-order valence-electron chi connectivity index (χ4n) is 2.37. The zero-order valence-electron chi connectivity index (χ0n) is 11.3. The molecule has 1 saturated heterocycles. The van der Waals surface area contributed by atoms with E-state index in [9.17, 15) is 8.42 Å². The van der Waals surface area contributed by atoms with E-state index < -0.39 is 10.0 Å². The molecule has 5 nitrogen and oxygen atoms in total. The Kier molecular flexibility index (Phi) is 7.70. The minimum Gasteiger partial charge on any atom is -0.381 e. The Balaban J connectivity index is 0.00000289. The van der Waals surface area contributed by atoms with E-state index in [1.54, 1.807) is 11.2 Å². The Labute approximate surface area is 117 Å². The van der Waals surface area contributed by atoms with Gasteiger partial charge >= 0.3 is 0 Å². The van der Waals surface area contributed by atoms with Crippen molar-refractivity contribution in [2.75, 3.05) is 26.0 Å². The number of piperidine rings is 1. The van der Waals surface area contributed by atoms with Crippen LogP contribution in [0.4, 0.5) is 0 Å². The zero-order chi connectivity index (χ0) is 13.1. The average molecular weight is 301 g/mol. The van der Waals surface area contributed by atoms with Gasteiger partial charge in [-0.15, -0.1) is 12.4 Å². The number of ether oxygens (including phenoxy) is 1. The highest BCUT2D eigenvalue weighted by Crippen LogP contribution is 2.25. The quantitative estimate of drug-likeness (QED) is 0.816. The van der Waals surface area contributed by atoms with Crippen molar-refractivity contribution in [3.63, 3.8) is 0 Å². The van der Waals surface area contributed by atoms with Crippen LogP contribution in [0.2, 0.25) is 0 Å². The van der Waals surface area contributed by atoms with Crippen molar-refractivity contribution in [1.29, 1.82) is 0 Å². The first kappa shape index (κ1) is 18.1. The van der Waals surface area contributed by atoms with Crippen LogP contribution in [0.5, 0.6) is 0 Å². The second-order valence-electron chi connectivity index (χ2n) is 4.86. The Morgan fingerprint density at radius 2 is 2.11 bits per heavy atom. The summed E-state index contributed by atoms with van der Waals surface area (Å²) in [6, 6.07) is -0.0576. The molecule has 1 aliphatic heterocycles. The van der Waals surface area contributed by atoms with Gasteiger partial charge in [0.25, 0.3) is 0 Å². The molecule has 1 fully saturated rings. The van der Waals surface area contributed by atoms with Crippen molar-refractivity contribution in [3.05, 3.63) is 0 Å². The summed E-state index contributed by atoms with van der Waals surface area (Å²) < 4.78 is 31.1. The molecule has 0 aromatic rings. The Hall–Kier alpha value is 0.120. The normalized spacial score (nSPS) is 27.6. The number of nitrogens with zero attached hydrogens (tertiary/aromatic N) is 1. The molecule has 0 aliphatic carbocycles. The van der Waals surface area contributed by atoms with Crippen molar-refractivity contribution in [3.8, 4) is 0 Å². The third kappa shape index (κ3) is 4.35. The van der Waals surface area contributed by atoms with E-state index in [1.165, 1.54) is 7.11 Å². The molecule has 110 valence electrons. The Morgan fingerprint density at radius 1 is 1.50 bits per heavy atom. The molecular formula is C11H25ClN2O3S. The van der Waals surface area contributed by atoms with Crippen molar-refractivity contribution < 1.29 is 13.2 Å². The molecule has 7 heteroatoms. The molecule has 1 aliphatic rings. The maximum Gasteiger partial charge on any atom is 0.216 e. The number of hydrogen-bond acceptors (Lipinski definition) is 4. The predicted octanol–water partition coefficient (Wildman–Crippen LogP) is 0.832. The van der Waals surface area contributed by atoms with Gasteiger partial charge in [0.2, 0.25) is 10.0 Å². The van der Waals surface area contributed by atoms with Crippen molar-refractivity contribution in [2.24, 2.45) is 11.7 Å². The van der Waals surface area contributed by atoms with Crippen LogP contribution in [0.1, 0.15) is 26.7 Å². The molecule has 0 spiro atoms. The highest BCUT2D eigenvalue weighted by Gasteiger charge is 2.35. The first-order valence-corrected chi connectivity index (χ1v) is 7.75. The lowest BCUT2D eigenvalue weighted by molar-refractivity contribution is 0.132. The zero-order valence-corrected chi connectivity index (χ0v) is 13.0. The molecule has 1 rings (SSSR count). The number of hydrogen-bond donors (Lipinski definition) is 1. The van der Waals surface area contributed by atoms with Gasteiger partial charge in [0.1, 0.15) is 0 Å². The largest absolute Gasteiger partial charge is 0.381 e. The van der Waals surface area contributed by atoms with Gasteiger partial charge in [0, 0.05) is 26.2 Å². The monoisotopic (exact) mass is 300 g/mol. The minimum absolute atomic E-state index is 0. The van der Waals surface area contributed by atoms with Gasteiger partial charge in [0.05, 0.1) is 11.9 Å². The fraction of sp³-hybridized carbons (Fsp3) is 1.00. The highest BCUT2D eigenvalue weighted by atomic mass is 35.5. The Bertz CT molecular complexity index is 337. The summed E-state index contributed by atoms with van der Waals surface area (Å²) in [5, 5.41) is 0. The maximum absolute atomic E-state index is 12.3. The van der Waals surface area contributed by atoms with Crippen molar-refractivity contribution >= 4 is 22.4 Å². The van der Waals surface area contributed by atoms with Gasteiger partial charge in [-0.3, -0.25) is 0 Å². The van der Waals surface area contributed by atoms with Crippen LogP contribution in [0, 0.1) is 5.92 Å². The molecule has 3 unspecified atom stereocenters. The summed E-state index contributed by atoms with van der Waals surface area (Å²) >= 11 is 0. The van der Waals surface area contributed by atoms with E-state index >= 15 is 0 Å². The number of nitrogens with two attached hydrogens (primary N) is 1. The summed E-state index contributed by atoms with van der Waals surface area (Å²) in [6.07, 6.45) is 1.68. The molecule has 0 aromatic heterocycles. The van der Waals surface area contributed by atoms with Gasteiger partial charge < -0.3 is 10.5 Å². The van der Waals surface area contributed by atoms with Crippen LogP contribution in [0.15, 0.2) is 0 Å². The lowest BCUT2D eigenvalue weighted by Crippen LogP contribution is -2.52. The van der Waals surface area contributed by atoms with Gasteiger partial charge in [-0.2, -0.15) is 4.31 Å². The van der Waals surface area contributed by atoms with E-state index in [2.05, 4.69) is 6.92 Å².